The first-order valence-corrected chi connectivity index (χ1v) is 22.3. The third kappa shape index (κ3) is 13.3. The SMILES string of the molecule is C.C=C(C)[C@@H]1CCC(C)=C[C@H]1c1c(O)cc(CCCCC)c(-c2ccco2)c1O.C=C(C)[C@@H]1CCC(C)=C[C@H]1c1c(O)cc(CCCCC)c(Br)c1O.OB(O)c1ccco1. The van der Waals surface area contributed by atoms with Gasteiger partial charge in [-0.15, -0.1) is 0 Å². The molecule has 332 valence electrons. The standard InChI is InChI=1S/C25H32O3.C21H29BrO2.C4H5BO3.CH4/c1-5-6-7-9-18-15-21(26)24(25(27)23(18)22-10-8-13-28-22)20-14-17(4)11-12-19(20)16(2)3;1-5-6-7-8-15-12-18(23)19(21(24)20(15)22)17-11-14(4)9-10-16(17)13(2)3;6-5(7)4-2-1-3-8-4;/h8,10,13-15,19-20,26-27H,2,5-7,9,11-12H2,1,3-4H3;11-12,16-17,23-24H,2,5-10H2,1,3-4H3;1-3,6-7H;1H4/t19-,20+;16-,17+;;/m00../s1. The molecule has 6 N–H and O–H groups in total. The largest absolute Gasteiger partial charge is 0.526 e. The summed E-state index contributed by atoms with van der Waals surface area (Å²) in [6.07, 6.45) is 19.7. The van der Waals surface area contributed by atoms with E-state index < -0.39 is 7.12 Å². The molecular weight excluding hydrogens is 831 g/mol. The van der Waals surface area contributed by atoms with Crippen molar-refractivity contribution in [3.8, 4) is 34.3 Å². The number of phenolic OH excluding ortho intramolecular Hbond substituents is 4. The predicted molar refractivity (Wildman–Crippen MR) is 255 cm³/mol. The molecule has 0 spiro atoms. The minimum Gasteiger partial charge on any atom is -0.507 e. The van der Waals surface area contributed by atoms with Crippen LogP contribution < -0.4 is 5.66 Å². The Bertz CT molecular complexity index is 2080. The summed E-state index contributed by atoms with van der Waals surface area (Å²) in [6, 6.07) is 10.4. The molecule has 0 unspecified atom stereocenters. The molecule has 0 saturated carbocycles. The topological polar surface area (TPSA) is 148 Å². The second-order valence-electron chi connectivity index (χ2n) is 16.7. The van der Waals surface area contributed by atoms with Gasteiger partial charge in [0.25, 0.3) is 0 Å². The molecule has 8 nitrogen and oxygen atoms in total. The number of rotatable bonds is 14. The summed E-state index contributed by atoms with van der Waals surface area (Å²) in [5.74, 6) is 1.70. The summed E-state index contributed by atoms with van der Waals surface area (Å²) in [5, 5.41) is 60.5. The molecular formula is C51H70BBrO8. The molecule has 2 aliphatic rings. The molecule has 2 aromatic heterocycles. The lowest BCUT2D eigenvalue weighted by molar-refractivity contribution is 0.403. The Kier molecular flexibility index (Phi) is 20.3. The summed E-state index contributed by atoms with van der Waals surface area (Å²) in [7, 11) is -1.48. The molecule has 2 aromatic carbocycles. The zero-order chi connectivity index (χ0) is 44.1. The van der Waals surface area contributed by atoms with E-state index in [1.165, 1.54) is 23.5 Å². The highest BCUT2D eigenvalue weighted by molar-refractivity contribution is 9.10. The summed E-state index contributed by atoms with van der Waals surface area (Å²) >= 11 is 3.55. The summed E-state index contributed by atoms with van der Waals surface area (Å²) < 4.78 is 11.0. The first-order chi connectivity index (χ1) is 28.6. The van der Waals surface area contributed by atoms with E-state index in [0.717, 1.165) is 104 Å². The summed E-state index contributed by atoms with van der Waals surface area (Å²) in [6.45, 7) is 20.9. The number of halogens is 1. The smallest absolute Gasteiger partial charge is 0.507 e. The number of aryl methyl sites for hydroxylation is 2. The van der Waals surface area contributed by atoms with Crippen LogP contribution in [0.15, 0.2) is 110 Å². The number of furan rings is 2. The lowest BCUT2D eigenvalue weighted by Gasteiger charge is -2.32. The van der Waals surface area contributed by atoms with E-state index >= 15 is 0 Å². The van der Waals surface area contributed by atoms with Crippen molar-refractivity contribution in [1.82, 2.24) is 0 Å². The Morgan fingerprint density at radius 3 is 1.62 bits per heavy atom. The number of benzene rings is 2. The first kappa shape index (κ1) is 51.0. The quantitative estimate of drug-likeness (QED) is 0.0416. The lowest BCUT2D eigenvalue weighted by atomic mass is 9.73. The molecule has 0 bridgehead atoms. The second kappa shape index (κ2) is 24.3. The van der Waals surface area contributed by atoms with E-state index in [2.05, 4.69) is 73.4 Å². The lowest BCUT2D eigenvalue weighted by Crippen LogP contribution is -2.27. The van der Waals surface area contributed by atoms with Crippen molar-refractivity contribution in [3.05, 3.63) is 123 Å². The monoisotopic (exact) mass is 900 g/mol. The van der Waals surface area contributed by atoms with Crippen molar-refractivity contribution in [2.75, 3.05) is 0 Å². The molecule has 4 atom stereocenters. The van der Waals surface area contributed by atoms with E-state index in [-0.39, 0.29) is 59.8 Å². The van der Waals surface area contributed by atoms with E-state index in [9.17, 15) is 20.4 Å². The maximum Gasteiger partial charge on any atom is 0.526 e. The predicted octanol–water partition coefficient (Wildman–Crippen LogP) is 13.3. The van der Waals surface area contributed by atoms with Gasteiger partial charge in [0.15, 0.2) is 0 Å². The van der Waals surface area contributed by atoms with Gasteiger partial charge in [-0.2, -0.15) is 0 Å². The molecule has 2 heterocycles. The maximum atomic E-state index is 11.3. The molecule has 0 aliphatic heterocycles. The van der Waals surface area contributed by atoms with Crippen molar-refractivity contribution >= 4 is 28.7 Å². The third-order valence-corrected chi connectivity index (χ3v) is 12.7. The van der Waals surface area contributed by atoms with Crippen LogP contribution in [0.3, 0.4) is 0 Å². The van der Waals surface area contributed by atoms with Crippen LogP contribution in [0.2, 0.25) is 0 Å². The minimum absolute atomic E-state index is 0. The van der Waals surface area contributed by atoms with Crippen molar-refractivity contribution in [2.45, 2.75) is 138 Å². The number of phenols is 4. The molecule has 0 radical (unpaired) electrons. The van der Waals surface area contributed by atoms with Gasteiger partial charge in [0.05, 0.1) is 22.6 Å². The molecule has 6 rings (SSSR count). The van der Waals surface area contributed by atoms with Gasteiger partial charge in [0.2, 0.25) is 0 Å². The van der Waals surface area contributed by atoms with Crippen LogP contribution in [-0.4, -0.2) is 37.6 Å². The fourth-order valence-corrected chi connectivity index (χ4v) is 9.06. The van der Waals surface area contributed by atoms with Gasteiger partial charge in [-0.05, 0) is 154 Å². The maximum absolute atomic E-state index is 11.3. The number of unbranched alkanes of at least 4 members (excludes halogenated alkanes) is 4. The van der Waals surface area contributed by atoms with E-state index in [4.69, 9.17) is 14.5 Å². The Morgan fingerprint density at radius 1 is 0.721 bits per heavy atom. The summed E-state index contributed by atoms with van der Waals surface area (Å²) in [5.41, 5.74) is 8.80. The van der Waals surface area contributed by atoms with Gasteiger partial charge in [-0.25, -0.2) is 0 Å². The van der Waals surface area contributed by atoms with Gasteiger partial charge in [0.1, 0.15) is 34.4 Å². The normalized spacial score (nSPS) is 18.3. The molecule has 4 aromatic rings. The van der Waals surface area contributed by atoms with E-state index in [0.29, 0.717) is 22.5 Å². The highest BCUT2D eigenvalue weighted by Crippen LogP contribution is 2.51. The van der Waals surface area contributed by atoms with E-state index in [1.807, 2.05) is 38.1 Å². The Labute approximate surface area is 373 Å². The highest BCUT2D eigenvalue weighted by Gasteiger charge is 2.33. The van der Waals surface area contributed by atoms with Crippen molar-refractivity contribution in [1.29, 1.82) is 0 Å². The van der Waals surface area contributed by atoms with Crippen LogP contribution in [0, 0.1) is 11.8 Å². The van der Waals surface area contributed by atoms with Crippen LogP contribution in [0.1, 0.15) is 147 Å². The fraction of sp³-hybridized carbons (Fsp3) is 0.451. The summed E-state index contributed by atoms with van der Waals surface area (Å²) in [4.78, 5) is 0. The Hall–Kier alpha value is -4.38. The van der Waals surface area contributed by atoms with Crippen LogP contribution in [0.5, 0.6) is 23.0 Å². The molecule has 0 amide bonds. The second-order valence-corrected chi connectivity index (χ2v) is 17.5. The minimum atomic E-state index is -1.48. The van der Waals surface area contributed by atoms with Crippen LogP contribution >= 0.6 is 15.9 Å². The van der Waals surface area contributed by atoms with Crippen LogP contribution in [0.25, 0.3) is 11.3 Å². The van der Waals surface area contributed by atoms with Gasteiger partial charge in [-0.3, -0.25) is 0 Å². The van der Waals surface area contributed by atoms with Gasteiger partial charge >= 0.3 is 7.12 Å². The average Bonchev–Trinajstić information content (AvgIpc) is 3.94. The van der Waals surface area contributed by atoms with Gasteiger partial charge < -0.3 is 39.3 Å². The van der Waals surface area contributed by atoms with Crippen molar-refractivity contribution in [3.63, 3.8) is 0 Å². The molecule has 0 saturated heterocycles. The third-order valence-electron chi connectivity index (χ3n) is 11.8. The number of allylic oxidation sites excluding steroid dienone is 6. The van der Waals surface area contributed by atoms with Gasteiger partial charge in [-0.1, -0.05) is 94.6 Å². The van der Waals surface area contributed by atoms with Crippen molar-refractivity contribution < 1.29 is 39.3 Å². The van der Waals surface area contributed by atoms with Crippen molar-refractivity contribution in [2.24, 2.45) is 11.8 Å². The first-order valence-electron chi connectivity index (χ1n) is 21.5. The Morgan fingerprint density at radius 2 is 1.20 bits per heavy atom. The fourth-order valence-electron chi connectivity index (χ4n) is 8.53. The van der Waals surface area contributed by atoms with E-state index in [1.54, 1.807) is 12.3 Å². The van der Waals surface area contributed by atoms with Crippen LogP contribution in [0.4, 0.5) is 0 Å². The number of aromatic hydroxyl groups is 4. The molecule has 61 heavy (non-hydrogen) atoms. The molecule has 2 aliphatic carbocycles. The zero-order valence-electron chi connectivity index (χ0n) is 36.4. The highest BCUT2D eigenvalue weighted by atomic mass is 79.9. The van der Waals surface area contributed by atoms with Gasteiger partial charge in [0, 0.05) is 23.0 Å². The zero-order valence-corrected chi connectivity index (χ0v) is 38.0. The Balaban J connectivity index is 0.000000273. The number of hydrogen-bond donors (Lipinski definition) is 6. The number of hydrogen-bond acceptors (Lipinski definition) is 8. The molecule has 10 heteroatoms. The van der Waals surface area contributed by atoms with Crippen LogP contribution in [-0.2, 0) is 12.8 Å². The average molecular weight is 902 g/mol. The molecule has 0 fully saturated rings.